The first-order valence-corrected chi connectivity index (χ1v) is 4.20. The molecule has 0 fully saturated rings. The monoisotopic (exact) mass is 182 g/mol. The molecule has 0 bridgehead atoms. The highest BCUT2D eigenvalue weighted by Crippen LogP contribution is 2.11. The molecule has 0 saturated heterocycles. The zero-order valence-corrected chi connectivity index (χ0v) is 7.78. The summed E-state index contributed by atoms with van der Waals surface area (Å²) in [5, 5.41) is 2.72. The summed E-state index contributed by atoms with van der Waals surface area (Å²) >= 11 is 0. The van der Waals surface area contributed by atoms with E-state index in [0.717, 1.165) is 5.76 Å². The highest BCUT2D eigenvalue weighted by molar-refractivity contribution is 5.81. The van der Waals surface area contributed by atoms with Crippen molar-refractivity contribution < 1.29 is 9.21 Å². The number of carbonyl (C=O) groups excluding carboxylic acids is 1. The third kappa shape index (κ3) is 2.59. The van der Waals surface area contributed by atoms with E-state index in [9.17, 15) is 4.79 Å². The third-order valence-electron chi connectivity index (χ3n) is 1.74. The molecule has 0 radical (unpaired) electrons. The van der Waals surface area contributed by atoms with Gasteiger partial charge in [-0.1, -0.05) is 0 Å². The molecule has 4 heteroatoms. The Morgan fingerprint density at radius 2 is 2.31 bits per heavy atom. The minimum Gasteiger partial charge on any atom is -0.467 e. The van der Waals surface area contributed by atoms with Crippen molar-refractivity contribution in [1.82, 2.24) is 5.32 Å². The van der Waals surface area contributed by atoms with Crippen molar-refractivity contribution in [2.75, 3.05) is 0 Å². The first-order chi connectivity index (χ1) is 6.11. The van der Waals surface area contributed by atoms with Gasteiger partial charge in [0.1, 0.15) is 5.76 Å². The highest BCUT2D eigenvalue weighted by Gasteiger charge is 2.13. The lowest BCUT2D eigenvalue weighted by Gasteiger charge is -2.12. The lowest BCUT2D eigenvalue weighted by atomic mass is 10.2. The smallest absolute Gasteiger partial charge is 0.237 e. The number of amides is 1. The third-order valence-corrected chi connectivity index (χ3v) is 1.74. The Morgan fingerprint density at radius 3 is 2.77 bits per heavy atom. The summed E-state index contributed by atoms with van der Waals surface area (Å²) in [6.45, 7) is 3.49. The van der Waals surface area contributed by atoms with E-state index in [1.54, 1.807) is 19.3 Å². The molecule has 1 amide bonds. The summed E-state index contributed by atoms with van der Waals surface area (Å²) in [4.78, 5) is 11.2. The van der Waals surface area contributed by atoms with Gasteiger partial charge in [-0.3, -0.25) is 4.79 Å². The number of nitrogens with one attached hydrogen (secondary N) is 1. The maximum absolute atomic E-state index is 11.2. The average molecular weight is 182 g/mol. The number of hydrogen-bond acceptors (Lipinski definition) is 3. The second-order valence-electron chi connectivity index (χ2n) is 3.03. The molecular formula is C9H14N2O2. The summed E-state index contributed by atoms with van der Waals surface area (Å²) < 4.78 is 5.12. The van der Waals surface area contributed by atoms with Gasteiger partial charge in [-0.2, -0.15) is 0 Å². The quantitative estimate of drug-likeness (QED) is 0.726. The van der Waals surface area contributed by atoms with E-state index in [-0.39, 0.29) is 11.9 Å². The van der Waals surface area contributed by atoms with E-state index in [4.69, 9.17) is 10.2 Å². The van der Waals surface area contributed by atoms with Crippen LogP contribution >= 0.6 is 0 Å². The van der Waals surface area contributed by atoms with Gasteiger partial charge in [-0.05, 0) is 26.0 Å². The van der Waals surface area contributed by atoms with Crippen LogP contribution in [-0.2, 0) is 4.79 Å². The molecule has 1 aromatic heterocycles. The minimum atomic E-state index is -0.489. The van der Waals surface area contributed by atoms with E-state index in [2.05, 4.69) is 5.32 Å². The van der Waals surface area contributed by atoms with Gasteiger partial charge in [0, 0.05) is 0 Å². The van der Waals surface area contributed by atoms with Crippen LogP contribution in [0, 0.1) is 0 Å². The topological polar surface area (TPSA) is 68.3 Å². The average Bonchev–Trinajstić information content (AvgIpc) is 2.55. The van der Waals surface area contributed by atoms with Crippen LogP contribution in [0.3, 0.4) is 0 Å². The van der Waals surface area contributed by atoms with Crippen molar-refractivity contribution in [1.29, 1.82) is 0 Å². The fraction of sp³-hybridized carbons (Fsp3) is 0.444. The predicted octanol–water partition coefficient (Wildman–Crippen LogP) is 0.804. The SMILES string of the molecule is C[C@H](NC(=O)[C@@H](C)N)c1ccco1. The highest BCUT2D eigenvalue weighted by atomic mass is 16.3. The number of rotatable bonds is 3. The van der Waals surface area contributed by atoms with Gasteiger partial charge in [0.25, 0.3) is 0 Å². The predicted molar refractivity (Wildman–Crippen MR) is 48.9 cm³/mol. The summed E-state index contributed by atoms with van der Waals surface area (Å²) in [7, 11) is 0. The summed E-state index contributed by atoms with van der Waals surface area (Å²) in [6, 6.07) is 2.97. The maximum Gasteiger partial charge on any atom is 0.237 e. The molecule has 0 aromatic carbocycles. The Balaban J connectivity index is 2.51. The number of nitrogens with two attached hydrogens (primary N) is 1. The summed E-state index contributed by atoms with van der Waals surface area (Å²) in [5.74, 6) is 0.554. The molecule has 0 spiro atoms. The molecular weight excluding hydrogens is 168 g/mol. The molecule has 3 N–H and O–H groups in total. The van der Waals surface area contributed by atoms with Gasteiger partial charge < -0.3 is 15.5 Å². The first-order valence-electron chi connectivity index (χ1n) is 4.20. The van der Waals surface area contributed by atoms with Gasteiger partial charge in [0.05, 0.1) is 18.3 Å². The van der Waals surface area contributed by atoms with Gasteiger partial charge >= 0.3 is 0 Å². The zero-order valence-electron chi connectivity index (χ0n) is 7.78. The molecule has 0 aliphatic carbocycles. The van der Waals surface area contributed by atoms with Crippen LogP contribution < -0.4 is 11.1 Å². The Labute approximate surface area is 77.1 Å². The summed E-state index contributed by atoms with van der Waals surface area (Å²) in [5.41, 5.74) is 5.39. The molecule has 2 atom stereocenters. The maximum atomic E-state index is 11.2. The van der Waals surface area contributed by atoms with Gasteiger partial charge in [-0.15, -0.1) is 0 Å². The molecule has 0 aliphatic heterocycles. The fourth-order valence-corrected chi connectivity index (χ4v) is 0.954. The van der Waals surface area contributed by atoms with Crippen LogP contribution in [0.4, 0.5) is 0 Å². The van der Waals surface area contributed by atoms with Crippen LogP contribution in [0.5, 0.6) is 0 Å². The molecule has 0 aliphatic rings. The van der Waals surface area contributed by atoms with E-state index < -0.39 is 6.04 Å². The van der Waals surface area contributed by atoms with E-state index in [1.807, 2.05) is 13.0 Å². The molecule has 0 unspecified atom stereocenters. The normalized spacial score (nSPS) is 15.0. The van der Waals surface area contributed by atoms with Crippen molar-refractivity contribution in [3.05, 3.63) is 24.2 Å². The summed E-state index contributed by atoms with van der Waals surface area (Å²) in [6.07, 6.45) is 1.57. The Hall–Kier alpha value is -1.29. The Morgan fingerprint density at radius 1 is 1.62 bits per heavy atom. The molecule has 4 nitrogen and oxygen atoms in total. The second kappa shape index (κ2) is 4.09. The molecule has 0 saturated carbocycles. The van der Waals surface area contributed by atoms with Crippen molar-refractivity contribution in [2.24, 2.45) is 5.73 Å². The van der Waals surface area contributed by atoms with Crippen LogP contribution in [0.2, 0.25) is 0 Å². The lowest BCUT2D eigenvalue weighted by Crippen LogP contribution is -2.39. The number of hydrogen-bond donors (Lipinski definition) is 2. The molecule has 13 heavy (non-hydrogen) atoms. The largest absolute Gasteiger partial charge is 0.467 e. The fourth-order valence-electron chi connectivity index (χ4n) is 0.954. The van der Waals surface area contributed by atoms with E-state index in [0.29, 0.717) is 0 Å². The van der Waals surface area contributed by atoms with Crippen LogP contribution in [0.25, 0.3) is 0 Å². The van der Waals surface area contributed by atoms with Crippen molar-refractivity contribution in [2.45, 2.75) is 25.9 Å². The van der Waals surface area contributed by atoms with Gasteiger partial charge in [0.15, 0.2) is 0 Å². The van der Waals surface area contributed by atoms with Gasteiger partial charge in [0.2, 0.25) is 5.91 Å². The van der Waals surface area contributed by atoms with Crippen molar-refractivity contribution in [3.8, 4) is 0 Å². The number of carbonyl (C=O) groups is 1. The molecule has 1 rings (SSSR count). The number of furan rings is 1. The second-order valence-corrected chi connectivity index (χ2v) is 3.03. The zero-order chi connectivity index (χ0) is 9.84. The Bertz CT molecular complexity index is 267. The van der Waals surface area contributed by atoms with Crippen LogP contribution in [-0.4, -0.2) is 11.9 Å². The van der Waals surface area contributed by atoms with Crippen molar-refractivity contribution >= 4 is 5.91 Å². The molecule has 1 aromatic rings. The van der Waals surface area contributed by atoms with Gasteiger partial charge in [-0.25, -0.2) is 0 Å². The van der Waals surface area contributed by atoms with E-state index >= 15 is 0 Å². The lowest BCUT2D eigenvalue weighted by molar-refractivity contribution is -0.122. The van der Waals surface area contributed by atoms with Crippen molar-refractivity contribution in [3.63, 3.8) is 0 Å². The van der Waals surface area contributed by atoms with Crippen LogP contribution in [0.1, 0.15) is 25.6 Å². The van der Waals surface area contributed by atoms with Crippen LogP contribution in [0.15, 0.2) is 22.8 Å². The Kier molecular flexibility index (Phi) is 3.08. The molecule has 1 heterocycles. The van der Waals surface area contributed by atoms with E-state index in [1.165, 1.54) is 0 Å². The molecule has 72 valence electrons. The standard InChI is InChI=1S/C9H14N2O2/c1-6(10)9(12)11-7(2)8-4-3-5-13-8/h3-7H,10H2,1-2H3,(H,11,12)/t6-,7+/m1/s1. The first kappa shape index (κ1) is 9.80. The minimum absolute atomic E-state index is 0.131.